The molecule has 2 rings (SSSR count). The minimum atomic E-state index is -0.426. The van der Waals surface area contributed by atoms with Gasteiger partial charge in [0.1, 0.15) is 6.04 Å². The van der Waals surface area contributed by atoms with Gasteiger partial charge < -0.3 is 15.5 Å². The molecule has 2 N–H and O–H groups in total. The summed E-state index contributed by atoms with van der Waals surface area (Å²) >= 11 is 0. The highest BCUT2D eigenvalue weighted by Crippen LogP contribution is 2.28. The van der Waals surface area contributed by atoms with Crippen molar-refractivity contribution < 1.29 is 9.59 Å². The first-order chi connectivity index (χ1) is 13.4. The Balaban J connectivity index is 1.73. The second kappa shape index (κ2) is 11.8. The van der Waals surface area contributed by atoms with Crippen LogP contribution >= 0.6 is 0 Å². The maximum atomic E-state index is 12.7. The predicted molar refractivity (Wildman–Crippen MR) is 115 cm³/mol. The first-order valence-electron chi connectivity index (χ1n) is 11.7. The zero-order chi connectivity index (χ0) is 20.5. The van der Waals surface area contributed by atoms with Crippen LogP contribution in [0.15, 0.2) is 0 Å². The van der Waals surface area contributed by atoms with Crippen molar-refractivity contribution in [3.8, 4) is 0 Å². The molecule has 2 atom stereocenters. The van der Waals surface area contributed by atoms with E-state index in [4.69, 9.17) is 0 Å². The molecule has 2 fully saturated rings. The highest BCUT2D eigenvalue weighted by atomic mass is 16.2. The Kier molecular flexibility index (Phi) is 9.76. The quantitative estimate of drug-likeness (QED) is 0.587. The van der Waals surface area contributed by atoms with Gasteiger partial charge in [-0.15, -0.1) is 0 Å². The van der Waals surface area contributed by atoms with Crippen LogP contribution in [0.5, 0.6) is 0 Å². The lowest BCUT2D eigenvalue weighted by atomic mass is 9.82. The van der Waals surface area contributed by atoms with Crippen LogP contribution in [0.2, 0.25) is 0 Å². The molecule has 1 aliphatic heterocycles. The second-order valence-corrected chi connectivity index (χ2v) is 9.43. The Hall–Kier alpha value is -1.10. The molecule has 28 heavy (non-hydrogen) atoms. The molecule has 0 radical (unpaired) electrons. The number of nitrogens with zero attached hydrogens (tertiary/aromatic N) is 1. The van der Waals surface area contributed by atoms with Gasteiger partial charge in [-0.3, -0.25) is 9.59 Å². The number of amides is 2. The highest BCUT2D eigenvalue weighted by molar-refractivity contribution is 5.88. The number of nitrogens with one attached hydrogen (secondary N) is 2. The van der Waals surface area contributed by atoms with Crippen molar-refractivity contribution in [3.05, 3.63) is 0 Å². The number of carbonyl (C=O) groups excluding carboxylic acids is 2. The summed E-state index contributed by atoms with van der Waals surface area (Å²) in [6.45, 7) is 11.5. The van der Waals surface area contributed by atoms with Crippen molar-refractivity contribution in [3.63, 3.8) is 0 Å². The Bertz CT molecular complexity index is 486. The normalized spacial score (nSPS) is 27.4. The van der Waals surface area contributed by atoms with E-state index in [9.17, 15) is 9.59 Å². The number of hydrogen-bond acceptors (Lipinski definition) is 3. The summed E-state index contributed by atoms with van der Waals surface area (Å²) in [5.41, 5.74) is 0. The van der Waals surface area contributed by atoms with E-state index in [2.05, 4.69) is 29.4 Å². The van der Waals surface area contributed by atoms with Gasteiger partial charge in [0.15, 0.2) is 0 Å². The number of likely N-dealkylation sites (tertiary alicyclic amines) is 1. The van der Waals surface area contributed by atoms with E-state index in [-0.39, 0.29) is 23.7 Å². The second-order valence-electron chi connectivity index (χ2n) is 9.43. The maximum absolute atomic E-state index is 12.7. The van der Waals surface area contributed by atoms with Crippen molar-refractivity contribution in [2.75, 3.05) is 19.6 Å². The van der Waals surface area contributed by atoms with E-state index in [1.165, 1.54) is 32.2 Å². The van der Waals surface area contributed by atoms with Gasteiger partial charge in [-0.2, -0.15) is 0 Å². The summed E-state index contributed by atoms with van der Waals surface area (Å²) < 4.78 is 0. The summed E-state index contributed by atoms with van der Waals surface area (Å²) in [6.07, 6.45) is 10.3. The third kappa shape index (κ3) is 7.06. The summed E-state index contributed by atoms with van der Waals surface area (Å²) in [5.74, 6) is 0.937. The standard InChI is InChI=1S/C23H43N3O2/c1-5-20-9-6-7-15-26(20)16-8-14-24-23(28)21(17(2)3)25-22(27)19-12-10-18(4)11-13-19/h17-21H,5-16H2,1-4H3,(H,24,28)(H,25,27)/t18?,19?,20-,21+/m0/s1. The Morgan fingerprint density at radius 2 is 1.79 bits per heavy atom. The molecule has 1 aliphatic carbocycles. The van der Waals surface area contributed by atoms with Gasteiger partial charge in [-0.1, -0.05) is 34.1 Å². The Morgan fingerprint density at radius 1 is 1.07 bits per heavy atom. The number of hydrogen-bond donors (Lipinski definition) is 2. The molecule has 0 spiro atoms. The lowest BCUT2D eigenvalue weighted by Crippen LogP contribution is -2.51. The Morgan fingerprint density at radius 3 is 2.43 bits per heavy atom. The van der Waals surface area contributed by atoms with Crippen molar-refractivity contribution in [2.45, 2.75) is 97.6 Å². The third-order valence-corrected chi connectivity index (χ3v) is 6.78. The molecule has 0 bridgehead atoms. The fourth-order valence-electron chi connectivity index (χ4n) is 4.75. The third-order valence-electron chi connectivity index (χ3n) is 6.78. The molecular formula is C23H43N3O2. The van der Waals surface area contributed by atoms with Gasteiger partial charge in [-0.25, -0.2) is 0 Å². The van der Waals surface area contributed by atoms with Crippen LogP contribution in [0.25, 0.3) is 0 Å². The molecule has 0 aromatic rings. The zero-order valence-electron chi connectivity index (χ0n) is 18.6. The minimum Gasteiger partial charge on any atom is -0.354 e. The average molecular weight is 394 g/mol. The SMILES string of the molecule is CC[C@H]1CCCCN1CCCNC(=O)[C@H](NC(=O)C1CCC(C)CC1)C(C)C. The number of carbonyl (C=O) groups is 2. The smallest absolute Gasteiger partial charge is 0.242 e. The van der Waals surface area contributed by atoms with Gasteiger partial charge in [0.2, 0.25) is 11.8 Å². The lowest BCUT2D eigenvalue weighted by molar-refractivity contribution is -0.132. The zero-order valence-corrected chi connectivity index (χ0v) is 18.6. The summed E-state index contributed by atoms with van der Waals surface area (Å²) in [7, 11) is 0. The monoisotopic (exact) mass is 393 g/mol. The molecule has 1 saturated heterocycles. The first-order valence-corrected chi connectivity index (χ1v) is 11.7. The summed E-state index contributed by atoms with van der Waals surface area (Å²) in [5, 5.41) is 6.12. The molecule has 0 unspecified atom stereocenters. The topological polar surface area (TPSA) is 61.4 Å². The van der Waals surface area contributed by atoms with Crippen molar-refractivity contribution >= 4 is 11.8 Å². The fourth-order valence-corrected chi connectivity index (χ4v) is 4.75. The Labute approximate surface area is 172 Å². The number of piperidine rings is 1. The predicted octanol–water partition coefficient (Wildman–Crippen LogP) is 3.72. The molecule has 0 aromatic carbocycles. The van der Waals surface area contributed by atoms with Gasteiger partial charge >= 0.3 is 0 Å². The van der Waals surface area contributed by atoms with Crippen LogP contribution in [0.1, 0.15) is 85.5 Å². The molecule has 5 heteroatoms. The molecule has 1 heterocycles. The van der Waals surface area contributed by atoms with Crippen LogP contribution in [-0.4, -0.2) is 48.4 Å². The largest absolute Gasteiger partial charge is 0.354 e. The first kappa shape index (κ1) is 23.2. The van der Waals surface area contributed by atoms with Gasteiger partial charge in [0, 0.05) is 25.0 Å². The van der Waals surface area contributed by atoms with Crippen molar-refractivity contribution in [1.29, 1.82) is 0 Å². The molecule has 1 saturated carbocycles. The molecule has 2 amide bonds. The van der Waals surface area contributed by atoms with Gasteiger partial charge in [0.25, 0.3) is 0 Å². The number of rotatable bonds is 9. The van der Waals surface area contributed by atoms with E-state index in [1.54, 1.807) is 0 Å². The van der Waals surface area contributed by atoms with Gasteiger partial charge in [-0.05, 0) is 69.7 Å². The summed E-state index contributed by atoms with van der Waals surface area (Å²) in [4.78, 5) is 27.9. The van der Waals surface area contributed by atoms with E-state index in [0.29, 0.717) is 12.6 Å². The molecule has 2 aliphatic rings. The minimum absolute atomic E-state index is 0.0294. The molecule has 0 aromatic heterocycles. The van der Waals surface area contributed by atoms with E-state index in [1.807, 2.05) is 13.8 Å². The van der Waals surface area contributed by atoms with E-state index < -0.39 is 6.04 Å². The lowest BCUT2D eigenvalue weighted by Gasteiger charge is -2.35. The molecular weight excluding hydrogens is 350 g/mol. The fraction of sp³-hybridized carbons (Fsp3) is 0.913. The van der Waals surface area contributed by atoms with Gasteiger partial charge in [0.05, 0.1) is 0 Å². The van der Waals surface area contributed by atoms with Crippen LogP contribution in [0.3, 0.4) is 0 Å². The van der Waals surface area contributed by atoms with E-state index >= 15 is 0 Å². The van der Waals surface area contributed by atoms with Crippen LogP contribution in [0, 0.1) is 17.8 Å². The highest BCUT2D eigenvalue weighted by Gasteiger charge is 2.29. The average Bonchev–Trinajstić information content (AvgIpc) is 2.69. The van der Waals surface area contributed by atoms with Crippen LogP contribution in [0.4, 0.5) is 0 Å². The van der Waals surface area contributed by atoms with Crippen molar-refractivity contribution in [2.24, 2.45) is 17.8 Å². The molecule has 162 valence electrons. The summed E-state index contributed by atoms with van der Waals surface area (Å²) in [6, 6.07) is 0.288. The van der Waals surface area contributed by atoms with E-state index in [0.717, 1.165) is 44.6 Å². The van der Waals surface area contributed by atoms with Crippen LogP contribution < -0.4 is 10.6 Å². The molecule has 5 nitrogen and oxygen atoms in total. The maximum Gasteiger partial charge on any atom is 0.242 e. The van der Waals surface area contributed by atoms with Crippen molar-refractivity contribution in [1.82, 2.24) is 15.5 Å². The van der Waals surface area contributed by atoms with Crippen LogP contribution in [-0.2, 0) is 9.59 Å².